The van der Waals surface area contributed by atoms with Crippen molar-refractivity contribution in [1.82, 2.24) is 5.32 Å². The Morgan fingerprint density at radius 1 is 1.21 bits per heavy atom. The first-order chi connectivity index (χ1) is 11.4. The fraction of sp³-hybridized carbons (Fsp3) is 0.176. The molecule has 0 bridgehead atoms. The average molecular weight is 327 g/mol. The van der Waals surface area contributed by atoms with Crippen LogP contribution in [-0.2, 0) is 11.2 Å². The predicted molar refractivity (Wildman–Crippen MR) is 88.4 cm³/mol. The van der Waals surface area contributed by atoms with E-state index in [-0.39, 0.29) is 17.7 Å². The van der Waals surface area contributed by atoms with Gasteiger partial charge in [-0.2, -0.15) is 0 Å². The van der Waals surface area contributed by atoms with Crippen molar-refractivity contribution in [2.45, 2.75) is 19.4 Å². The molecule has 0 saturated carbocycles. The van der Waals surface area contributed by atoms with Gasteiger partial charge in [-0.25, -0.2) is 0 Å². The molecule has 0 aliphatic carbocycles. The molecule has 0 fully saturated rings. The minimum absolute atomic E-state index is 0.0966. The number of nitrogens with one attached hydrogen (secondary N) is 1. The van der Waals surface area contributed by atoms with E-state index >= 15 is 0 Å². The monoisotopic (exact) mass is 327 g/mol. The highest BCUT2D eigenvalue weighted by Crippen LogP contribution is 2.13. The Labute approximate surface area is 138 Å². The molecular formula is C17H17N3O4. The molecule has 0 saturated heterocycles. The third kappa shape index (κ3) is 4.39. The van der Waals surface area contributed by atoms with E-state index < -0.39 is 22.8 Å². The molecule has 0 radical (unpaired) electrons. The number of rotatable bonds is 6. The van der Waals surface area contributed by atoms with Crippen LogP contribution in [-0.4, -0.2) is 22.8 Å². The van der Waals surface area contributed by atoms with Crippen molar-refractivity contribution < 1.29 is 14.5 Å². The van der Waals surface area contributed by atoms with Crippen molar-refractivity contribution in [3.8, 4) is 0 Å². The molecule has 0 unspecified atom stereocenters. The lowest BCUT2D eigenvalue weighted by molar-refractivity contribution is -0.384. The van der Waals surface area contributed by atoms with Crippen LogP contribution in [0.2, 0.25) is 0 Å². The van der Waals surface area contributed by atoms with Gasteiger partial charge < -0.3 is 11.1 Å². The van der Waals surface area contributed by atoms with Gasteiger partial charge in [0.15, 0.2) is 0 Å². The van der Waals surface area contributed by atoms with Crippen LogP contribution in [0.15, 0.2) is 48.5 Å². The Hall–Kier alpha value is -3.22. The van der Waals surface area contributed by atoms with Crippen molar-refractivity contribution in [3.63, 3.8) is 0 Å². The van der Waals surface area contributed by atoms with E-state index in [0.29, 0.717) is 0 Å². The molecule has 7 nitrogen and oxygen atoms in total. The highest BCUT2D eigenvalue weighted by atomic mass is 16.6. The lowest BCUT2D eigenvalue weighted by Gasteiger charge is -2.15. The Morgan fingerprint density at radius 3 is 2.46 bits per heavy atom. The summed E-state index contributed by atoms with van der Waals surface area (Å²) in [5, 5.41) is 13.3. The number of carbonyl (C=O) groups excluding carboxylic acids is 2. The summed E-state index contributed by atoms with van der Waals surface area (Å²) in [7, 11) is 0. The summed E-state index contributed by atoms with van der Waals surface area (Å²) in [6.07, 6.45) is 0.246. The second-order valence-corrected chi connectivity index (χ2v) is 5.43. The molecule has 0 aromatic heterocycles. The van der Waals surface area contributed by atoms with Gasteiger partial charge in [0, 0.05) is 24.1 Å². The van der Waals surface area contributed by atoms with Gasteiger partial charge in [-0.3, -0.25) is 19.7 Å². The molecular weight excluding hydrogens is 310 g/mol. The van der Waals surface area contributed by atoms with E-state index in [1.165, 1.54) is 18.2 Å². The molecule has 1 atom stereocenters. The Kier molecular flexibility index (Phi) is 5.26. The third-order valence-corrected chi connectivity index (χ3v) is 3.53. The Morgan fingerprint density at radius 2 is 1.88 bits per heavy atom. The van der Waals surface area contributed by atoms with Gasteiger partial charge in [0.1, 0.15) is 6.04 Å². The highest BCUT2D eigenvalue weighted by molar-refractivity contribution is 5.97. The number of aryl methyl sites for hydroxylation is 1. The van der Waals surface area contributed by atoms with Crippen molar-refractivity contribution in [3.05, 3.63) is 75.3 Å². The maximum Gasteiger partial charge on any atom is 0.270 e. The number of nitrogens with two attached hydrogens (primary N) is 1. The van der Waals surface area contributed by atoms with Gasteiger partial charge in [-0.1, -0.05) is 35.9 Å². The highest BCUT2D eigenvalue weighted by Gasteiger charge is 2.20. The first-order valence-electron chi connectivity index (χ1n) is 7.27. The minimum Gasteiger partial charge on any atom is -0.368 e. The van der Waals surface area contributed by atoms with Crippen molar-refractivity contribution in [2.24, 2.45) is 5.73 Å². The number of nitrogens with zero attached hydrogens (tertiary/aromatic N) is 1. The topological polar surface area (TPSA) is 115 Å². The van der Waals surface area contributed by atoms with Crippen LogP contribution >= 0.6 is 0 Å². The first-order valence-corrected chi connectivity index (χ1v) is 7.27. The van der Waals surface area contributed by atoms with Crippen LogP contribution in [0, 0.1) is 17.0 Å². The quantitative estimate of drug-likeness (QED) is 0.621. The molecule has 0 heterocycles. The van der Waals surface area contributed by atoms with Gasteiger partial charge in [-0.15, -0.1) is 0 Å². The van der Waals surface area contributed by atoms with Crippen LogP contribution in [0.3, 0.4) is 0 Å². The SMILES string of the molecule is Cc1ccc(C[C@@H](NC(=O)c2cccc([N+](=O)[O-])c2)C(N)=O)cc1. The number of hydrogen-bond donors (Lipinski definition) is 2. The lowest BCUT2D eigenvalue weighted by atomic mass is 10.0. The molecule has 0 spiro atoms. The number of carbonyl (C=O) groups is 2. The molecule has 2 aromatic carbocycles. The second-order valence-electron chi connectivity index (χ2n) is 5.43. The minimum atomic E-state index is -0.903. The summed E-state index contributed by atoms with van der Waals surface area (Å²) in [5.41, 5.74) is 7.19. The zero-order valence-corrected chi connectivity index (χ0v) is 13.1. The predicted octanol–water partition coefficient (Wildman–Crippen LogP) is 1.73. The molecule has 3 N–H and O–H groups in total. The van der Waals surface area contributed by atoms with Crippen LogP contribution in [0.25, 0.3) is 0 Å². The second kappa shape index (κ2) is 7.36. The summed E-state index contributed by atoms with van der Waals surface area (Å²) < 4.78 is 0. The van der Waals surface area contributed by atoms with Crippen LogP contribution < -0.4 is 11.1 Å². The number of nitro groups is 1. The van der Waals surface area contributed by atoms with E-state index in [1.807, 2.05) is 31.2 Å². The van der Waals surface area contributed by atoms with E-state index in [4.69, 9.17) is 5.73 Å². The summed E-state index contributed by atoms with van der Waals surface area (Å²) in [6, 6.07) is 11.9. The molecule has 0 aliphatic heterocycles. The number of amides is 2. The van der Waals surface area contributed by atoms with E-state index in [2.05, 4.69) is 5.32 Å². The van der Waals surface area contributed by atoms with Gasteiger partial charge in [0.25, 0.3) is 11.6 Å². The van der Waals surface area contributed by atoms with Gasteiger partial charge in [0.2, 0.25) is 5.91 Å². The number of non-ortho nitro benzene ring substituents is 1. The van der Waals surface area contributed by atoms with Crippen molar-refractivity contribution in [1.29, 1.82) is 0 Å². The number of benzene rings is 2. The zero-order chi connectivity index (χ0) is 17.7. The fourth-order valence-corrected chi connectivity index (χ4v) is 2.18. The van der Waals surface area contributed by atoms with Gasteiger partial charge in [-0.05, 0) is 18.6 Å². The Bertz CT molecular complexity index is 772. The van der Waals surface area contributed by atoms with Gasteiger partial charge >= 0.3 is 0 Å². The Balaban J connectivity index is 2.13. The smallest absolute Gasteiger partial charge is 0.270 e. The fourth-order valence-electron chi connectivity index (χ4n) is 2.18. The summed E-state index contributed by atoms with van der Waals surface area (Å²) >= 11 is 0. The van der Waals surface area contributed by atoms with Crippen LogP contribution in [0.4, 0.5) is 5.69 Å². The van der Waals surface area contributed by atoms with Crippen LogP contribution in [0.1, 0.15) is 21.5 Å². The summed E-state index contributed by atoms with van der Waals surface area (Å²) in [5.74, 6) is -1.26. The molecule has 24 heavy (non-hydrogen) atoms. The molecule has 0 aliphatic rings. The van der Waals surface area contributed by atoms with Crippen molar-refractivity contribution >= 4 is 17.5 Å². The van der Waals surface area contributed by atoms with Crippen LogP contribution in [0.5, 0.6) is 0 Å². The standard InChI is InChI=1S/C17H17N3O4/c1-11-5-7-12(8-6-11)9-15(16(18)21)19-17(22)13-3-2-4-14(10-13)20(23)24/h2-8,10,15H,9H2,1H3,(H2,18,21)(H,19,22)/t15-/m1/s1. The van der Waals surface area contributed by atoms with E-state index in [0.717, 1.165) is 17.2 Å². The maximum atomic E-state index is 12.2. The molecule has 2 aromatic rings. The maximum absolute atomic E-state index is 12.2. The molecule has 124 valence electrons. The largest absolute Gasteiger partial charge is 0.368 e. The normalized spacial score (nSPS) is 11.5. The zero-order valence-electron chi connectivity index (χ0n) is 13.1. The number of primary amides is 1. The van der Waals surface area contributed by atoms with Crippen molar-refractivity contribution in [2.75, 3.05) is 0 Å². The van der Waals surface area contributed by atoms with E-state index in [9.17, 15) is 19.7 Å². The van der Waals surface area contributed by atoms with E-state index in [1.54, 1.807) is 0 Å². The third-order valence-electron chi connectivity index (χ3n) is 3.53. The average Bonchev–Trinajstić information content (AvgIpc) is 2.56. The first kappa shape index (κ1) is 17.1. The molecule has 2 rings (SSSR count). The summed E-state index contributed by atoms with van der Waals surface area (Å²) in [6.45, 7) is 1.94. The van der Waals surface area contributed by atoms with Gasteiger partial charge in [0.05, 0.1) is 4.92 Å². The number of nitro benzene ring substituents is 1. The number of hydrogen-bond acceptors (Lipinski definition) is 4. The summed E-state index contributed by atoms with van der Waals surface area (Å²) in [4.78, 5) is 34.0. The molecule has 7 heteroatoms. The molecule has 2 amide bonds. The lowest BCUT2D eigenvalue weighted by Crippen LogP contribution is -2.45.